The van der Waals surface area contributed by atoms with Gasteiger partial charge in [-0.05, 0) is 69.4 Å². The minimum absolute atomic E-state index is 0.146. The van der Waals surface area contributed by atoms with E-state index in [4.69, 9.17) is 9.47 Å². The Balaban J connectivity index is 1.33. The van der Waals surface area contributed by atoms with Gasteiger partial charge in [0, 0.05) is 42.7 Å². The molecule has 1 atom stereocenters. The van der Waals surface area contributed by atoms with Crippen molar-refractivity contribution in [1.29, 1.82) is 0 Å². The predicted molar refractivity (Wildman–Crippen MR) is 132 cm³/mol. The molecule has 1 amide bonds. The Morgan fingerprint density at radius 1 is 1.27 bits per heavy atom. The third-order valence-corrected chi connectivity index (χ3v) is 9.27. The Morgan fingerprint density at radius 2 is 2.06 bits per heavy atom. The van der Waals surface area contributed by atoms with Gasteiger partial charge in [0.2, 0.25) is 5.91 Å². The van der Waals surface area contributed by atoms with Gasteiger partial charge in [-0.25, -0.2) is 4.98 Å². The number of fused-ring (bicyclic) bond motifs is 3. The van der Waals surface area contributed by atoms with Crippen LogP contribution in [0, 0.1) is 0 Å². The van der Waals surface area contributed by atoms with E-state index in [2.05, 4.69) is 22.1 Å². The third-order valence-electron chi connectivity index (χ3n) is 8.10. The monoisotopic (exact) mass is 471 g/mol. The first-order valence-electron chi connectivity index (χ1n) is 12.8. The highest BCUT2D eigenvalue weighted by Gasteiger charge is 2.40. The number of aromatic nitrogens is 1. The van der Waals surface area contributed by atoms with Gasteiger partial charge in [0.1, 0.15) is 10.6 Å². The van der Waals surface area contributed by atoms with Crippen LogP contribution in [-0.2, 0) is 16.0 Å². The van der Waals surface area contributed by atoms with Crippen LogP contribution in [0.2, 0.25) is 0 Å². The number of rotatable bonds is 7. The lowest BCUT2D eigenvalue weighted by atomic mass is 9.77. The molecule has 3 aliphatic rings. The van der Waals surface area contributed by atoms with Crippen molar-refractivity contribution in [2.75, 3.05) is 32.8 Å². The van der Waals surface area contributed by atoms with Gasteiger partial charge in [-0.1, -0.05) is 6.92 Å². The Morgan fingerprint density at radius 3 is 2.79 bits per heavy atom. The molecule has 1 N–H and O–H groups in total. The zero-order valence-electron chi connectivity index (χ0n) is 20.0. The van der Waals surface area contributed by atoms with Crippen molar-refractivity contribution in [1.82, 2.24) is 15.2 Å². The molecule has 0 spiro atoms. The summed E-state index contributed by atoms with van der Waals surface area (Å²) in [5.41, 5.74) is 1.63. The molecule has 0 aromatic carbocycles. The summed E-state index contributed by atoms with van der Waals surface area (Å²) in [6.45, 7) is 8.83. The van der Waals surface area contributed by atoms with E-state index < -0.39 is 0 Å². The van der Waals surface area contributed by atoms with Crippen molar-refractivity contribution in [3.05, 3.63) is 22.7 Å². The quantitative estimate of drug-likeness (QED) is 0.637. The van der Waals surface area contributed by atoms with Crippen LogP contribution in [0.4, 0.5) is 0 Å². The summed E-state index contributed by atoms with van der Waals surface area (Å²) in [6, 6.07) is 2.04. The highest BCUT2D eigenvalue weighted by atomic mass is 32.1. The Kier molecular flexibility index (Phi) is 6.91. The fourth-order valence-corrected chi connectivity index (χ4v) is 7.54. The van der Waals surface area contributed by atoms with Gasteiger partial charge in [-0.3, -0.25) is 9.69 Å². The maximum Gasteiger partial charge on any atom is 0.220 e. The molecule has 7 heteroatoms. The van der Waals surface area contributed by atoms with E-state index >= 15 is 0 Å². The molecule has 2 aromatic rings. The molecule has 33 heavy (non-hydrogen) atoms. The van der Waals surface area contributed by atoms with Crippen LogP contribution in [0.15, 0.2) is 12.3 Å². The molecular weight excluding hydrogens is 434 g/mol. The summed E-state index contributed by atoms with van der Waals surface area (Å²) < 4.78 is 12.3. The van der Waals surface area contributed by atoms with Crippen molar-refractivity contribution in [3.63, 3.8) is 0 Å². The fraction of sp³-hybridized carbons (Fsp3) is 0.692. The second-order valence-electron chi connectivity index (χ2n) is 9.82. The number of nitrogens with zero attached hydrogens (tertiary/aromatic N) is 2. The molecular formula is C26H37N3O3S. The number of carbonyl (C=O) groups is 1. The number of hydrogen-bond acceptors (Lipinski definition) is 6. The van der Waals surface area contributed by atoms with Gasteiger partial charge in [0.15, 0.2) is 0 Å². The standard InChI is InChI=1S/C26H37N3O3S/c1-3-26(29-13-15-31-16-14-29)10-7-19(8-11-26)32-20-9-12-28-25-24(20)23-18(5-6-21(23)33-25)17-22(30)27-4-2/h9,12,18-19H,3-8,10-11,13-17H2,1-2H3,(H,27,30)/t18-,19?,26?/m1/s1. The third kappa shape index (κ3) is 4.52. The maximum absolute atomic E-state index is 12.3. The normalized spacial score (nSPS) is 28.1. The number of pyridine rings is 1. The van der Waals surface area contributed by atoms with E-state index in [0.717, 1.165) is 62.6 Å². The van der Waals surface area contributed by atoms with E-state index in [0.29, 0.717) is 18.5 Å². The van der Waals surface area contributed by atoms with Gasteiger partial charge >= 0.3 is 0 Å². The zero-order valence-corrected chi connectivity index (χ0v) is 20.8. The van der Waals surface area contributed by atoms with Gasteiger partial charge in [-0.15, -0.1) is 11.3 Å². The number of hydrogen-bond donors (Lipinski definition) is 1. The molecule has 180 valence electrons. The summed E-state index contributed by atoms with van der Waals surface area (Å²) in [5, 5.41) is 4.14. The number of carbonyl (C=O) groups excluding carboxylic acids is 1. The largest absolute Gasteiger partial charge is 0.490 e. The number of morpholine rings is 1. The Hall–Kier alpha value is -1.70. The average Bonchev–Trinajstić information content (AvgIpc) is 3.40. The SMILES string of the molecule is CCNC(=O)C[C@H]1CCc2sc3nccc(OC4CCC(CC)(N5CCOCC5)CC4)c3c21. The molecule has 5 rings (SSSR count). The first-order valence-corrected chi connectivity index (χ1v) is 13.6. The number of nitrogens with one attached hydrogen (secondary N) is 1. The number of aryl methyl sites for hydroxylation is 1. The van der Waals surface area contributed by atoms with Gasteiger partial charge in [0.05, 0.1) is 24.7 Å². The molecule has 1 aliphatic heterocycles. The maximum atomic E-state index is 12.3. The lowest BCUT2D eigenvalue weighted by molar-refractivity contribution is -0.121. The summed E-state index contributed by atoms with van der Waals surface area (Å²) in [6.07, 6.45) is 10.5. The Bertz CT molecular complexity index is 977. The number of amides is 1. The minimum Gasteiger partial charge on any atom is -0.490 e. The van der Waals surface area contributed by atoms with E-state index in [1.807, 2.05) is 19.2 Å². The highest BCUT2D eigenvalue weighted by Crippen LogP contribution is 2.48. The summed E-state index contributed by atoms with van der Waals surface area (Å²) in [5.74, 6) is 1.39. The molecule has 0 bridgehead atoms. The fourth-order valence-electron chi connectivity index (χ4n) is 6.28. The minimum atomic E-state index is 0.146. The van der Waals surface area contributed by atoms with E-state index in [9.17, 15) is 4.79 Å². The second-order valence-corrected chi connectivity index (χ2v) is 10.9. The van der Waals surface area contributed by atoms with Crippen molar-refractivity contribution < 1.29 is 14.3 Å². The summed E-state index contributed by atoms with van der Waals surface area (Å²) in [7, 11) is 0. The average molecular weight is 472 g/mol. The molecule has 2 fully saturated rings. The molecule has 2 aromatic heterocycles. The van der Waals surface area contributed by atoms with Crippen LogP contribution in [0.5, 0.6) is 5.75 Å². The molecule has 0 radical (unpaired) electrons. The molecule has 3 heterocycles. The van der Waals surface area contributed by atoms with Crippen molar-refractivity contribution in [3.8, 4) is 5.75 Å². The zero-order chi connectivity index (χ0) is 22.8. The highest BCUT2D eigenvalue weighted by molar-refractivity contribution is 7.19. The van der Waals surface area contributed by atoms with Crippen molar-refractivity contribution in [2.45, 2.75) is 82.8 Å². The van der Waals surface area contributed by atoms with E-state index in [-0.39, 0.29) is 17.9 Å². The molecule has 6 nitrogen and oxygen atoms in total. The smallest absolute Gasteiger partial charge is 0.220 e. The van der Waals surface area contributed by atoms with Crippen LogP contribution >= 0.6 is 11.3 Å². The lowest BCUT2D eigenvalue weighted by Crippen LogP contribution is -2.55. The van der Waals surface area contributed by atoms with Crippen LogP contribution in [-0.4, -0.2) is 60.3 Å². The van der Waals surface area contributed by atoms with Gasteiger partial charge in [0.25, 0.3) is 0 Å². The molecule has 1 saturated heterocycles. The second kappa shape index (κ2) is 9.88. The lowest BCUT2D eigenvalue weighted by Gasteiger charge is -2.49. The van der Waals surface area contributed by atoms with Crippen LogP contribution in [0.3, 0.4) is 0 Å². The van der Waals surface area contributed by atoms with Gasteiger partial charge < -0.3 is 14.8 Å². The predicted octanol–water partition coefficient (Wildman–Crippen LogP) is 4.65. The van der Waals surface area contributed by atoms with Crippen molar-refractivity contribution >= 4 is 27.5 Å². The van der Waals surface area contributed by atoms with Crippen LogP contribution in [0.25, 0.3) is 10.2 Å². The molecule has 2 aliphatic carbocycles. The first kappa shape index (κ1) is 23.1. The summed E-state index contributed by atoms with van der Waals surface area (Å²) in [4.78, 5) is 22.1. The van der Waals surface area contributed by atoms with E-state index in [1.54, 1.807) is 11.3 Å². The summed E-state index contributed by atoms with van der Waals surface area (Å²) >= 11 is 1.79. The van der Waals surface area contributed by atoms with Crippen LogP contribution < -0.4 is 10.1 Å². The topological polar surface area (TPSA) is 63.7 Å². The number of thiophene rings is 1. The molecule has 1 saturated carbocycles. The first-order chi connectivity index (χ1) is 16.1. The van der Waals surface area contributed by atoms with Crippen LogP contribution in [0.1, 0.15) is 75.2 Å². The van der Waals surface area contributed by atoms with E-state index in [1.165, 1.54) is 35.1 Å². The van der Waals surface area contributed by atoms with Gasteiger partial charge in [-0.2, -0.15) is 0 Å². The number of ether oxygens (including phenoxy) is 2. The Labute approximate surface area is 201 Å². The molecule has 0 unspecified atom stereocenters. The van der Waals surface area contributed by atoms with Crippen molar-refractivity contribution in [2.24, 2.45) is 0 Å².